The monoisotopic (exact) mass is 479 g/mol. The molecule has 0 saturated carbocycles. The maximum atomic E-state index is 13.0. The molecule has 2 aliphatic heterocycles. The number of likely N-dealkylation sites (tertiary alicyclic amines) is 2. The van der Waals surface area contributed by atoms with E-state index in [1.165, 1.54) is 24.3 Å². The Hall–Kier alpha value is -3.31. The summed E-state index contributed by atoms with van der Waals surface area (Å²) in [5.41, 5.74) is 2.45. The molecule has 3 heterocycles. The molecule has 1 aromatic heterocycles. The van der Waals surface area contributed by atoms with E-state index < -0.39 is 12.5 Å². The molecule has 2 amide bonds. The SMILES string of the molecule is O=C(OCc1ccc(OC(F)(F)F)cc1)N1C[C@@H]2CN(C(=O)C3CCc4[nH]nnc4C3)C[C@H]2C1. The van der Waals surface area contributed by atoms with Gasteiger partial charge in [-0.3, -0.25) is 9.89 Å². The van der Waals surface area contributed by atoms with Gasteiger partial charge < -0.3 is 19.3 Å². The van der Waals surface area contributed by atoms with E-state index in [0.717, 1.165) is 24.2 Å². The Morgan fingerprint density at radius 1 is 1.06 bits per heavy atom. The number of nitrogens with one attached hydrogen (secondary N) is 1. The zero-order valence-electron chi connectivity index (χ0n) is 18.3. The highest BCUT2D eigenvalue weighted by molar-refractivity contribution is 5.80. The van der Waals surface area contributed by atoms with E-state index in [9.17, 15) is 22.8 Å². The highest BCUT2D eigenvalue weighted by Crippen LogP contribution is 2.34. The second-order valence-corrected chi connectivity index (χ2v) is 9.09. The predicted molar refractivity (Wildman–Crippen MR) is 110 cm³/mol. The lowest BCUT2D eigenvalue weighted by Crippen LogP contribution is -2.40. The van der Waals surface area contributed by atoms with Crippen molar-refractivity contribution in [2.24, 2.45) is 17.8 Å². The van der Waals surface area contributed by atoms with Crippen molar-refractivity contribution in [3.05, 3.63) is 41.2 Å². The van der Waals surface area contributed by atoms with Gasteiger partial charge in [-0.15, -0.1) is 18.3 Å². The molecule has 1 N–H and O–H groups in total. The van der Waals surface area contributed by atoms with Crippen LogP contribution in [0.2, 0.25) is 0 Å². The van der Waals surface area contributed by atoms with Crippen molar-refractivity contribution in [1.29, 1.82) is 0 Å². The summed E-state index contributed by atoms with van der Waals surface area (Å²) in [6, 6.07) is 5.20. The molecule has 182 valence electrons. The fourth-order valence-corrected chi connectivity index (χ4v) is 5.10. The molecule has 3 aliphatic rings. The van der Waals surface area contributed by atoms with Gasteiger partial charge in [0, 0.05) is 50.4 Å². The van der Waals surface area contributed by atoms with E-state index in [4.69, 9.17) is 4.74 Å². The molecule has 1 aliphatic carbocycles. The average molecular weight is 479 g/mol. The van der Waals surface area contributed by atoms with E-state index in [1.807, 2.05) is 4.90 Å². The molecular weight excluding hydrogens is 455 g/mol. The summed E-state index contributed by atoms with van der Waals surface area (Å²) in [4.78, 5) is 29.1. The predicted octanol–water partition coefficient (Wildman–Crippen LogP) is 2.54. The number of fused-ring (bicyclic) bond motifs is 2. The van der Waals surface area contributed by atoms with Crippen LogP contribution in [0.15, 0.2) is 24.3 Å². The number of alkyl halides is 3. The smallest absolute Gasteiger partial charge is 0.445 e. The molecule has 1 unspecified atom stereocenters. The van der Waals surface area contributed by atoms with Crippen LogP contribution in [0.25, 0.3) is 0 Å². The normalized spacial score (nSPS) is 24.0. The van der Waals surface area contributed by atoms with E-state index in [-0.39, 0.29) is 36.0 Å². The van der Waals surface area contributed by atoms with Gasteiger partial charge in [-0.25, -0.2) is 4.79 Å². The van der Waals surface area contributed by atoms with Crippen LogP contribution >= 0.6 is 0 Å². The first-order chi connectivity index (χ1) is 16.2. The maximum absolute atomic E-state index is 13.0. The zero-order chi connectivity index (χ0) is 23.9. The van der Waals surface area contributed by atoms with Gasteiger partial charge in [0.2, 0.25) is 5.91 Å². The minimum absolute atomic E-state index is 0.0483. The Morgan fingerprint density at radius 3 is 2.41 bits per heavy atom. The van der Waals surface area contributed by atoms with Crippen molar-refractivity contribution in [3.63, 3.8) is 0 Å². The van der Waals surface area contributed by atoms with Crippen molar-refractivity contribution < 1.29 is 32.2 Å². The molecule has 34 heavy (non-hydrogen) atoms. The molecular formula is C22H24F3N5O4. The van der Waals surface area contributed by atoms with Crippen LogP contribution in [0.3, 0.4) is 0 Å². The van der Waals surface area contributed by atoms with Crippen molar-refractivity contribution in [3.8, 4) is 5.75 Å². The summed E-state index contributed by atoms with van der Waals surface area (Å²) in [6.07, 6.45) is -3.05. The number of halogens is 3. The van der Waals surface area contributed by atoms with Crippen LogP contribution in [-0.4, -0.2) is 69.8 Å². The molecule has 0 spiro atoms. The number of aryl methyl sites for hydroxylation is 1. The molecule has 0 radical (unpaired) electrons. The number of benzene rings is 1. The van der Waals surface area contributed by atoms with Crippen LogP contribution in [0, 0.1) is 17.8 Å². The standard InChI is InChI=1S/C22H24F3N5O4/c23-22(24,25)34-17-4-1-13(2-5-17)12-33-21(32)30-10-15-8-29(9-16(15)11-30)20(31)14-3-6-18-19(7-14)27-28-26-18/h1-2,4-5,14-16H,3,6-12H2,(H,26,27,28)/t14?,15-,16-/m0/s1. The molecule has 5 rings (SSSR count). The van der Waals surface area contributed by atoms with Crippen LogP contribution in [-0.2, 0) is 29.0 Å². The first kappa shape index (κ1) is 22.5. The number of nitrogens with zero attached hydrogens (tertiary/aromatic N) is 4. The highest BCUT2D eigenvalue weighted by Gasteiger charge is 2.45. The molecule has 0 bridgehead atoms. The Bertz CT molecular complexity index is 1040. The summed E-state index contributed by atoms with van der Waals surface area (Å²) in [5, 5.41) is 10.8. The average Bonchev–Trinajstić information content (AvgIpc) is 3.51. The van der Waals surface area contributed by atoms with E-state index >= 15 is 0 Å². The van der Waals surface area contributed by atoms with Crippen LogP contribution in [0.5, 0.6) is 5.75 Å². The van der Waals surface area contributed by atoms with E-state index in [1.54, 1.807) is 4.90 Å². The van der Waals surface area contributed by atoms with Gasteiger partial charge in [0.25, 0.3) is 0 Å². The second kappa shape index (κ2) is 8.80. The summed E-state index contributed by atoms with van der Waals surface area (Å²) in [7, 11) is 0. The van der Waals surface area contributed by atoms with Gasteiger partial charge in [-0.05, 0) is 30.5 Å². The van der Waals surface area contributed by atoms with Gasteiger partial charge >= 0.3 is 12.5 Å². The number of ether oxygens (including phenoxy) is 2. The number of hydrogen-bond acceptors (Lipinski definition) is 6. The van der Waals surface area contributed by atoms with Gasteiger partial charge in [0.15, 0.2) is 0 Å². The van der Waals surface area contributed by atoms with Crippen molar-refractivity contribution in [2.75, 3.05) is 26.2 Å². The fourth-order valence-electron chi connectivity index (χ4n) is 5.10. The van der Waals surface area contributed by atoms with Gasteiger partial charge in [-0.1, -0.05) is 17.3 Å². The number of amides is 2. The first-order valence-electron chi connectivity index (χ1n) is 11.2. The number of hydrogen-bond donors (Lipinski definition) is 1. The molecule has 3 atom stereocenters. The second-order valence-electron chi connectivity index (χ2n) is 9.09. The number of H-pyrrole nitrogens is 1. The van der Waals surface area contributed by atoms with Crippen LogP contribution in [0.4, 0.5) is 18.0 Å². The molecule has 2 saturated heterocycles. The summed E-state index contributed by atoms with van der Waals surface area (Å²) >= 11 is 0. The van der Waals surface area contributed by atoms with Crippen LogP contribution < -0.4 is 4.74 Å². The number of aromatic amines is 1. The number of rotatable bonds is 4. The zero-order valence-corrected chi connectivity index (χ0v) is 18.3. The number of carbonyl (C=O) groups is 2. The van der Waals surface area contributed by atoms with Crippen molar-refractivity contribution in [2.45, 2.75) is 32.2 Å². The third-order valence-electron chi connectivity index (χ3n) is 6.81. The Balaban J connectivity index is 1.08. The Morgan fingerprint density at radius 2 is 1.74 bits per heavy atom. The third-order valence-corrected chi connectivity index (χ3v) is 6.81. The van der Waals surface area contributed by atoms with Crippen LogP contribution in [0.1, 0.15) is 23.4 Å². The minimum atomic E-state index is -4.75. The number of aromatic nitrogens is 3. The first-order valence-corrected chi connectivity index (χ1v) is 11.2. The Labute approximate surface area is 193 Å². The Kier molecular flexibility index (Phi) is 5.82. The molecule has 2 fully saturated rings. The van der Waals surface area contributed by atoms with Gasteiger partial charge in [0.05, 0.1) is 11.4 Å². The lowest BCUT2D eigenvalue weighted by molar-refractivity contribution is -0.274. The number of carbonyl (C=O) groups excluding carboxylic acids is 2. The van der Waals surface area contributed by atoms with Gasteiger partial charge in [0.1, 0.15) is 12.4 Å². The van der Waals surface area contributed by atoms with E-state index in [0.29, 0.717) is 38.2 Å². The van der Waals surface area contributed by atoms with Crippen molar-refractivity contribution in [1.82, 2.24) is 25.2 Å². The topological polar surface area (TPSA) is 101 Å². The lowest BCUT2D eigenvalue weighted by atomic mass is 9.89. The molecule has 12 heteroatoms. The van der Waals surface area contributed by atoms with E-state index in [2.05, 4.69) is 20.1 Å². The third kappa shape index (κ3) is 4.80. The lowest BCUT2D eigenvalue weighted by Gasteiger charge is -2.27. The summed E-state index contributed by atoms with van der Waals surface area (Å²) < 4.78 is 45.9. The largest absolute Gasteiger partial charge is 0.573 e. The summed E-state index contributed by atoms with van der Waals surface area (Å²) in [5.74, 6) is 0.160. The molecule has 1 aromatic carbocycles. The summed E-state index contributed by atoms with van der Waals surface area (Å²) in [6.45, 7) is 2.23. The quantitative estimate of drug-likeness (QED) is 0.724. The van der Waals surface area contributed by atoms with Gasteiger partial charge in [-0.2, -0.15) is 0 Å². The highest BCUT2D eigenvalue weighted by atomic mass is 19.4. The molecule has 9 nitrogen and oxygen atoms in total. The molecule has 2 aromatic rings. The van der Waals surface area contributed by atoms with Crippen molar-refractivity contribution >= 4 is 12.0 Å². The minimum Gasteiger partial charge on any atom is -0.445 e. The maximum Gasteiger partial charge on any atom is 0.573 e. The fraction of sp³-hybridized carbons (Fsp3) is 0.545.